The van der Waals surface area contributed by atoms with Crippen LogP contribution in [0.5, 0.6) is 5.75 Å². The van der Waals surface area contributed by atoms with Crippen LogP contribution in [0.4, 0.5) is 10.1 Å². The third-order valence-corrected chi connectivity index (χ3v) is 5.82. The van der Waals surface area contributed by atoms with Crippen LogP contribution in [-0.2, 0) is 14.8 Å². The molecule has 9 heteroatoms. The van der Waals surface area contributed by atoms with Crippen LogP contribution in [0.1, 0.15) is 24.5 Å². The third kappa shape index (κ3) is 6.34. The van der Waals surface area contributed by atoms with Crippen LogP contribution in [-0.4, -0.2) is 39.8 Å². The van der Waals surface area contributed by atoms with E-state index >= 15 is 0 Å². The van der Waals surface area contributed by atoms with Gasteiger partial charge in [-0.3, -0.25) is 9.10 Å². The van der Waals surface area contributed by atoms with Crippen molar-refractivity contribution in [2.24, 2.45) is 0 Å². The van der Waals surface area contributed by atoms with Crippen molar-refractivity contribution < 1.29 is 22.3 Å². The zero-order valence-corrected chi connectivity index (χ0v) is 19.0. The highest BCUT2D eigenvalue weighted by Crippen LogP contribution is 2.27. The first-order chi connectivity index (χ1) is 14.0. The molecular weight excluding hydrogens is 431 g/mol. The molecule has 0 spiro atoms. The molecule has 0 aliphatic heterocycles. The molecule has 1 unspecified atom stereocenters. The molecule has 0 fully saturated rings. The van der Waals surface area contributed by atoms with E-state index in [4.69, 9.17) is 16.3 Å². The van der Waals surface area contributed by atoms with Crippen LogP contribution in [0.2, 0.25) is 5.02 Å². The second kappa shape index (κ2) is 10.1. The smallest absolute Gasteiger partial charge is 0.244 e. The number of anilines is 1. The summed E-state index contributed by atoms with van der Waals surface area (Å²) in [6, 6.07) is 8.35. The molecule has 2 aromatic rings. The maximum atomic E-state index is 13.5. The number of ether oxygens (including phenoxy) is 1. The van der Waals surface area contributed by atoms with Gasteiger partial charge in [-0.05, 0) is 61.7 Å². The van der Waals surface area contributed by atoms with Crippen molar-refractivity contribution in [3.63, 3.8) is 0 Å². The van der Waals surface area contributed by atoms with Crippen LogP contribution in [0.25, 0.3) is 0 Å². The number of amides is 1. The summed E-state index contributed by atoms with van der Waals surface area (Å²) < 4.78 is 44.9. The van der Waals surface area contributed by atoms with Gasteiger partial charge in [-0.1, -0.05) is 24.6 Å². The minimum atomic E-state index is -3.83. The highest BCUT2D eigenvalue weighted by molar-refractivity contribution is 7.92. The number of aryl methyl sites for hydroxylation is 2. The lowest BCUT2D eigenvalue weighted by atomic mass is 10.1. The fourth-order valence-corrected chi connectivity index (χ4v) is 4.54. The molecule has 2 rings (SSSR count). The Kier molecular flexibility index (Phi) is 8.09. The maximum absolute atomic E-state index is 13.5. The molecule has 0 saturated heterocycles. The van der Waals surface area contributed by atoms with Gasteiger partial charge in [-0.15, -0.1) is 0 Å². The molecule has 0 bridgehead atoms. The van der Waals surface area contributed by atoms with E-state index in [-0.39, 0.29) is 30.3 Å². The summed E-state index contributed by atoms with van der Waals surface area (Å²) in [4.78, 5) is 12.7. The van der Waals surface area contributed by atoms with Crippen LogP contribution in [0.15, 0.2) is 36.4 Å². The summed E-state index contributed by atoms with van der Waals surface area (Å²) in [5.74, 6) is -0.449. The molecule has 0 heterocycles. The highest BCUT2D eigenvalue weighted by atomic mass is 35.5. The van der Waals surface area contributed by atoms with E-state index in [0.717, 1.165) is 27.8 Å². The fourth-order valence-electron chi connectivity index (χ4n) is 3.16. The summed E-state index contributed by atoms with van der Waals surface area (Å²) in [7, 11) is -3.83. The van der Waals surface area contributed by atoms with E-state index in [9.17, 15) is 17.6 Å². The Bertz CT molecular complexity index is 994. The number of benzene rings is 2. The first-order valence-corrected chi connectivity index (χ1v) is 11.7. The molecule has 0 radical (unpaired) electrons. The molecule has 1 amide bonds. The Morgan fingerprint density at radius 3 is 2.37 bits per heavy atom. The largest absolute Gasteiger partial charge is 0.492 e. The van der Waals surface area contributed by atoms with Crippen LogP contribution >= 0.6 is 11.6 Å². The minimum absolute atomic E-state index is 0.123. The summed E-state index contributed by atoms with van der Waals surface area (Å²) in [6.45, 7) is 6.06. The van der Waals surface area contributed by atoms with Crippen molar-refractivity contribution in [1.29, 1.82) is 0 Å². The molecule has 164 valence electrons. The average molecular weight is 457 g/mol. The summed E-state index contributed by atoms with van der Waals surface area (Å²) in [5, 5.41) is 2.48. The Morgan fingerprint density at radius 2 is 1.83 bits per heavy atom. The monoisotopic (exact) mass is 456 g/mol. The van der Waals surface area contributed by atoms with Gasteiger partial charge in [-0.2, -0.15) is 0 Å². The Hall–Kier alpha value is -2.32. The van der Waals surface area contributed by atoms with Crippen LogP contribution in [0.3, 0.4) is 0 Å². The molecule has 6 nitrogen and oxygen atoms in total. The zero-order valence-electron chi connectivity index (χ0n) is 17.4. The second-order valence-corrected chi connectivity index (χ2v) is 9.31. The summed E-state index contributed by atoms with van der Waals surface area (Å²) >= 11 is 5.80. The van der Waals surface area contributed by atoms with Gasteiger partial charge in [0.05, 0.1) is 23.5 Å². The van der Waals surface area contributed by atoms with E-state index in [2.05, 4.69) is 5.32 Å². The van der Waals surface area contributed by atoms with Crippen molar-refractivity contribution in [3.8, 4) is 5.75 Å². The molecular formula is C21H26ClFN2O4S. The van der Waals surface area contributed by atoms with Gasteiger partial charge in [-0.25, -0.2) is 12.8 Å². The highest BCUT2D eigenvalue weighted by Gasteiger charge is 2.31. The van der Waals surface area contributed by atoms with E-state index in [1.165, 1.54) is 12.1 Å². The average Bonchev–Trinajstić information content (AvgIpc) is 2.63. The van der Waals surface area contributed by atoms with Gasteiger partial charge < -0.3 is 10.1 Å². The zero-order chi connectivity index (χ0) is 22.5. The number of carbonyl (C=O) groups is 1. The van der Waals surface area contributed by atoms with E-state index in [1.807, 2.05) is 32.0 Å². The topological polar surface area (TPSA) is 75.7 Å². The standard InChI is InChI=1S/C21H26ClFN2O4S/c1-5-20(25(30(4,27)28)16-6-7-19(23)18(22)13-16)21(26)24-8-9-29-17-11-14(2)10-15(3)12-17/h6-7,10-13,20H,5,8-9H2,1-4H3,(H,24,26). The van der Waals surface area contributed by atoms with Crippen LogP contribution < -0.4 is 14.4 Å². The summed E-state index contributed by atoms with van der Waals surface area (Å²) in [6.07, 6.45) is 1.20. The molecule has 1 N–H and O–H groups in total. The third-order valence-electron chi connectivity index (χ3n) is 4.35. The Labute approximate surface area is 182 Å². The second-order valence-electron chi connectivity index (χ2n) is 7.04. The van der Waals surface area contributed by atoms with Gasteiger partial charge in [0.15, 0.2) is 0 Å². The first kappa shape index (κ1) is 24.0. The van der Waals surface area contributed by atoms with Crippen LogP contribution in [0, 0.1) is 19.7 Å². The number of hydrogen-bond acceptors (Lipinski definition) is 4. The predicted octanol–water partition coefficient (Wildman–Crippen LogP) is 3.84. The fraction of sp³-hybridized carbons (Fsp3) is 0.381. The van der Waals surface area contributed by atoms with Crippen molar-refractivity contribution >= 4 is 33.2 Å². The minimum Gasteiger partial charge on any atom is -0.492 e. The van der Waals surface area contributed by atoms with Gasteiger partial charge in [0.1, 0.15) is 24.2 Å². The molecule has 0 aliphatic rings. The number of carbonyl (C=O) groups excluding carboxylic acids is 1. The SMILES string of the molecule is CCC(C(=O)NCCOc1cc(C)cc(C)c1)N(c1ccc(F)c(Cl)c1)S(C)(=O)=O. The molecule has 0 aliphatic carbocycles. The lowest BCUT2D eigenvalue weighted by Gasteiger charge is -2.30. The number of nitrogens with zero attached hydrogens (tertiary/aromatic N) is 1. The van der Waals surface area contributed by atoms with Crippen molar-refractivity contribution in [1.82, 2.24) is 5.32 Å². The van der Waals surface area contributed by atoms with Crippen molar-refractivity contribution in [2.45, 2.75) is 33.2 Å². The lowest BCUT2D eigenvalue weighted by Crippen LogP contribution is -2.50. The normalized spacial score (nSPS) is 12.3. The molecule has 30 heavy (non-hydrogen) atoms. The van der Waals surface area contributed by atoms with Gasteiger partial charge in [0, 0.05) is 0 Å². The molecule has 2 aromatic carbocycles. The van der Waals surface area contributed by atoms with E-state index in [1.54, 1.807) is 6.92 Å². The van der Waals surface area contributed by atoms with Gasteiger partial charge >= 0.3 is 0 Å². The quantitative estimate of drug-likeness (QED) is 0.582. The molecule has 0 saturated carbocycles. The Balaban J connectivity index is 2.09. The predicted molar refractivity (Wildman–Crippen MR) is 117 cm³/mol. The maximum Gasteiger partial charge on any atom is 0.244 e. The number of halogens is 2. The van der Waals surface area contributed by atoms with E-state index < -0.39 is 27.8 Å². The number of nitrogens with one attached hydrogen (secondary N) is 1. The van der Waals surface area contributed by atoms with Gasteiger partial charge in [0.2, 0.25) is 15.9 Å². The summed E-state index contributed by atoms with van der Waals surface area (Å²) in [5.41, 5.74) is 2.26. The lowest BCUT2D eigenvalue weighted by molar-refractivity contribution is -0.122. The first-order valence-electron chi connectivity index (χ1n) is 9.46. The number of hydrogen-bond donors (Lipinski definition) is 1. The molecule has 0 aromatic heterocycles. The Morgan fingerprint density at radius 1 is 1.20 bits per heavy atom. The number of sulfonamides is 1. The molecule has 1 atom stereocenters. The number of rotatable bonds is 9. The van der Waals surface area contributed by atoms with Crippen molar-refractivity contribution in [3.05, 3.63) is 58.4 Å². The van der Waals surface area contributed by atoms with Crippen molar-refractivity contribution in [2.75, 3.05) is 23.7 Å². The van der Waals surface area contributed by atoms with Gasteiger partial charge in [0.25, 0.3) is 0 Å². The van der Waals surface area contributed by atoms with E-state index in [0.29, 0.717) is 5.75 Å².